The monoisotopic (exact) mass is 459 g/mol. The first-order chi connectivity index (χ1) is 14.3. The zero-order valence-corrected chi connectivity index (χ0v) is 19.2. The number of ether oxygens (including phenoxy) is 3. The summed E-state index contributed by atoms with van der Waals surface area (Å²) in [5.74, 6) is -4.09. The van der Waals surface area contributed by atoms with Gasteiger partial charge in [0, 0.05) is 37.9 Å². The van der Waals surface area contributed by atoms with Gasteiger partial charge in [0.1, 0.15) is 6.61 Å². The zero-order chi connectivity index (χ0) is 23.6. The van der Waals surface area contributed by atoms with Gasteiger partial charge in [-0.25, -0.2) is 9.59 Å². The fourth-order valence-corrected chi connectivity index (χ4v) is 3.78. The molecule has 2 aliphatic rings. The van der Waals surface area contributed by atoms with Gasteiger partial charge in [-0.3, -0.25) is 9.59 Å². The van der Waals surface area contributed by atoms with Gasteiger partial charge in [-0.05, 0) is 27.3 Å². The van der Waals surface area contributed by atoms with Gasteiger partial charge < -0.3 is 24.2 Å². The number of cyclic esters (lactones) is 1. The Balaban J connectivity index is 2.56. The van der Waals surface area contributed by atoms with Crippen LogP contribution in [0.2, 0.25) is 0 Å². The third kappa shape index (κ3) is 5.45. The SMILES string of the molecule is CC(=O)O[C@]1(C)C(=O)OCC2=CCN(C)CC[C@@H](OC(=O)[C@@](O)([C@@H](C)Cl)C[C@H]1C)C2=O. The highest BCUT2D eigenvalue weighted by Crippen LogP contribution is 2.35. The minimum Gasteiger partial charge on any atom is -0.458 e. The summed E-state index contributed by atoms with van der Waals surface area (Å²) in [4.78, 5) is 52.6. The Morgan fingerprint density at radius 3 is 2.58 bits per heavy atom. The predicted molar refractivity (Wildman–Crippen MR) is 110 cm³/mol. The molecule has 2 bridgehead atoms. The lowest BCUT2D eigenvalue weighted by Crippen LogP contribution is -2.56. The highest BCUT2D eigenvalue weighted by atomic mass is 35.5. The maximum Gasteiger partial charge on any atom is 0.350 e. The maximum absolute atomic E-state index is 13.0. The number of halogens is 1. The number of carbonyl (C=O) groups is 4. The Kier molecular flexibility index (Phi) is 7.89. The first kappa shape index (κ1) is 25.3. The summed E-state index contributed by atoms with van der Waals surface area (Å²) in [5.41, 5.74) is -3.91. The zero-order valence-electron chi connectivity index (χ0n) is 18.5. The van der Waals surface area contributed by atoms with Crippen molar-refractivity contribution in [3.8, 4) is 0 Å². The maximum atomic E-state index is 13.0. The van der Waals surface area contributed by atoms with Crippen molar-refractivity contribution in [3.63, 3.8) is 0 Å². The molecule has 0 aromatic carbocycles. The van der Waals surface area contributed by atoms with Gasteiger partial charge in [0.15, 0.2) is 11.7 Å². The van der Waals surface area contributed by atoms with E-state index in [-0.39, 0.29) is 25.0 Å². The molecule has 174 valence electrons. The van der Waals surface area contributed by atoms with Gasteiger partial charge >= 0.3 is 17.9 Å². The number of likely N-dealkylation sites (N-methyl/N-ethyl adjacent to an activating group) is 1. The number of hydrogen-bond donors (Lipinski definition) is 1. The molecule has 31 heavy (non-hydrogen) atoms. The fourth-order valence-electron chi connectivity index (χ4n) is 3.61. The minimum absolute atomic E-state index is 0.151. The molecular formula is C21H30ClNO8. The molecule has 0 aliphatic carbocycles. The van der Waals surface area contributed by atoms with Crippen LogP contribution < -0.4 is 0 Å². The van der Waals surface area contributed by atoms with Gasteiger partial charge in [0.2, 0.25) is 11.4 Å². The molecule has 0 aromatic heterocycles. The Morgan fingerprint density at radius 1 is 1.35 bits per heavy atom. The molecule has 1 N–H and O–H groups in total. The number of hydrogen-bond acceptors (Lipinski definition) is 9. The second-order valence-electron chi connectivity index (χ2n) is 8.46. The second kappa shape index (κ2) is 9.67. The molecule has 0 amide bonds. The predicted octanol–water partition coefficient (Wildman–Crippen LogP) is 0.992. The van der Waals surface area contributed by atoms with Crippen LogP contribution >= 0.6 is 11.6 Å². The van der Waals surface area contributed by atoms with Gasteiger partial charge in [-0.2, -0.15) is 0 Å². The van der Waals surface area contributed by atoms with Crippen LogP contribution in [0, 0.1) is 5.92 Å². The summed E-state index contributed by atoms with van der Waals surface area (Å²) in [5, 5.41) is 10.0. The Labute approximate surface area is 186 Å². The average molecular weight is 460 g/mol. The van der Waals surface area contributed by atoms with Crippen molar-refractivity contribution in [1.82, 2.24) is 4.90 Å². The number of carbonyl (C=O) groups excluding carboxylic acids is 4. The lowest BCUT2D eigenvalue weighted by Gasteiger charge is -2.39. The molecule has 9 nitrogen and oxygen atoms in total. The van der Waals surface area contributed by atoms with E-state index in [1.54, 1.807) is 6.08 Å². The van der Waals surface area contributed by atoms with E-state index in [1.807, 2.05) is 11.9 Å². The van der Waals surface area contributed by atoms with E-state index in [0.717, 1.165) is 6.92 Å². The molecule has 2 rings (SSSR count). The number of alkyl halides is 1. The van der Waals surface area contributed by atoms with E-state index in [2.05, 4.69) is 0 Å². The fraction of sp³-hybridized carbons (Fsp3) is 0.714. The molecule has 1 fully saturated rings. The number of aliphatic hydroxyl groups is 1. The number of ketones is 1. The summed E-state index contributed by atoms with van der Waals surface area (Å²) in [6.45, 7) is 5.95. The normalized spacial score (nSPS) is 34.7. The van der Waals surface area contributed by atoms with Crippen molar-refractivity contribution in [2.45, 2.75) is 63.2 Å². The lowest BCUT2D eigenvalue weighted by molar-refractivity contribution is -0.192. The topological polar surface area (TPSA) is 119 Å². The van der Waals surface area contributed by atoms with Crippen LogP contribution in [-0.2, 0) is 33.4 Å². The van der Waals surface area contributed by atoms with Crippen molar-refractivity contribution >= 4 is 35.3 Å². The van der Waals surface area contributed by atoms with Crippen molar-refractivity contribution < 1.29 is 38.5 Å². The Morgan fingerprint density at radius 2 is 2.00 bits per heavy atom. The van der Waals surface area contributed by atoms with Crippen LogP contribution in [0.3, 0.4) is 0 Å². The van der Waals surface area contributed by atoms with Crippen molar-refractivity contribution in [3.05, 3.63) is 11.6 Å². The van der Waals surface area contributed by atoms with E-state index in [1.165, 1.54) is 20.8 Å². The molecule has 2 aliphatic heterocycles. The van der Waals surface area contributed by atoms with E-state index >= 15 is 0 Å². The van der Waals surface area contributed by atoms with Crippen LogP contribution in [-0.4, -0.2) is 83.1 Å². The molecule has 5 atom stereocenters. The summed E-state index contributed by atoms with van der Waals surface area (Å²) in [6.07, 6.45) is 0.292. The van der Waals surface area contributed by atoms with E-state index < -0.39 is 52.3 Å². The summed E-state index contributed by atoms with van der Waals surface area (Å²) < 4.78 is 16.1. The summed E-state index contributed by atoms with van der Waals surface area (Å²) >= 11 is 6.16. The van der Waals surface area contributed by atoms with Crippen LogP contribution in [0.15, 0.2) is 11.6 Å². The third-order valence-electron chi connectivity index (χ3n) is 5.97. The highest BCUT2D eigenvalue weighted by Gasteiger charge is 2.52. The van der Waals surface area contributed by atoms with Crippen molar-refractivity contribution in [2.75, 3.05) is 26.7 Å². The minimum atomic E-state index is -2.24. The number of nitrogens with zero attached hydrogens (tertiary/aromatic N) is 1. The van der Waals surface area contributed by atoms with Gasteiger partial charge in [0.25, 0.3) is 0 Å². The number of esters is 3. The van der Waals surface area contributed by atoms with E-state index in [4.69, 9.17) is 25.8 Å². The van der Waals surface area contributed by atoms with Crippen molar-refractivity contribution in [2.24, 2.45) is 5.92 Å². The Hall–Kier alpha value is -1.97. The second-order valence-corrected chi connectivity index (χ2v) is 9.12. The van der Waals surface area contributed by atoms with Crippen molar-refractivity contribution in [1.29, 1.82) is 0 Å². The van der Waals surface area contributed by atoms with Crippen LogP contribution in [0.25, 0.3) is 0 Å². The van der Waals surface area contributed by atoms with Gasteiger partial charge in [0.05, 0.1) is 5.38 Å². The molecule has 10 heteroatoms. The first-order valence-corrected chi connectivity index (χ1v) is 10.6. The summed E-state index contributed by atoms with van der Waals surface area (Å²) in [6, 6.07) is 0. The Bertz CT molecular complexity index is 781. The molecule has 1 saturated heterocycles. The summed E-state index contributed by atoms with van der Waals surface area (Å²) in [7, 11) is 1.83. The molecule has 0 saturated carbocycles. The molecule has 0 unspecified atom stereocenters. The van der Waals surface area contributed by atoms with Crippen LogP contribution in [0.1, 0.15) is 40.5 Å². The molecular weight excluding hydrogens is 430 g/mol. The van der Waals surface area contributed by atoms with Gasteiger partial charge in [-0.1, -0.05) is 13.0 Å². The molecule has 0 radical (unpaired) electrons. The number of rotatable bonds is 2. The smallest absolute Gasteiger partial charge is 0.350 e. The quantitative estimate of drug-likeness (QED) is 0.366. The standard InChI is InChI=1S/C21H30ClNO8/c1-12-10-21(28,13(2)22)19(27)30-16-7-9-23(5)8-6-15(17(16)25)11-29-18(26)20(12,4)31-14(3)24/h6,12-13,16,28H,7-11H2,1-5H3/t12-,13-,16-,20+,21+/m1/s1. The van der Waals surface area contributed by atoms with Crippen LogP contribution in [0.5, 0.6) is 0 Å². The van der Waals surface area contributed by atoms with Gasteiger partial charge in [-0.15, -0.1) is 11.6 Å². The first-order valence-electron chi connectivity index (χ1n) is 10.2. The molecule has 2 heterocycles. The van der Waals surface area contributed by atoms with Crippen LogP contribution in [0.4, 0.5) is 0 Å². The third-order valence-corrected chi connectivity index (χ3v) is 6.33. The number of fused-ring (bicyclic) bond motifs is 2. The average Bonchev–Trinajstić information content (AvgIpc) is 2.67. The van der Waals surface area contributed by atoms with E-state index in [0.29, 0.717) is 13.1 Å². The molecule has 0 aromatic rings. The number of Topliss-reactive ketones (excluding diaryl/α,β-unsaturated/α-hetero) is 1. The highest BCUT2D eigenvalue weighted by molar-refractivity contribution is 6.23. The largest absolute Gasteiger partial charge is 0.458 e. The molecule has 0 spiro atoms. The van der Waals surface area contributed by atoms with E-state index in [9.17, 15) is 24.3 Å². The lowest BCUT2D eigenvalue weighted by atomic mass is 9.79.